The van der Waals surface area contributed by atoms with E-state index in [0.29, 0.717) is 24.7 Å². The number of aryl methyl sites for hydroxylation is 2. The maximum atomic E-state index is 9.62. The molecule has 0 spiro atoms. The largest absolute Gasteiger partial charge is 0.490 e. The van der Waals surface area contributed by atoms with E-state index in [9.17, 15) is 5.26 Å². The second kappa shape index (κ2) is 8.21. The number of para-hydroxylation sites is 1. The number of nitrogens with one attached hydrogen (secondary N) is 1. The molecule has 2 heterocycles. The van der Waals surface area contributed by atoms with Crippen molar-refractivity contribution in [2.75, 3.05) is 13.2 Å². The van der Waals surface area contributed by atoms with Gasteiger partial charge in [0.15, 0.2) is 0 Å². The number of nitrogens with two attached hydrogens (primary N) is 1. The molecule has 1 aliphatic rings. The zero-order valence-corrected chi connectivity index (χ0v) is 16.8. The average molecular weight is 402 g/mol. The van der Waals surface area contributed by atoms with Gasteiger partial charge < -0.3 is 19.9 Å². The molecule has 4 rings (SSSR count). The lowest BCUT2D eigenvalue weighted by Crippen LogP contribution is -2.21. The molecular weight excluding hydrogens is 380 g/mol. The maximum Gasteiger partial charge on any atom is 0.244 e. The first-order chi connectivity index (χ1) is 14.6. The fraction of sp³-hybridized carbons (Fsp3) is 0.217. The highest BCUT2D eigenvalue weighted by atomic mass is 16.5. The number of fused-ring (bicyclic) bond motifs is 1. The van der Waals surface area contributed by atoms with Crippen molar-refractivity contribution in [3.63, 3.8) is 0 Å². The zero-order chi connectivity index (χ0) is 21.1. The van der Waals surface area contributed by atoms with Crippen LogP contribution in [0.2, 0.25) is 0 Å². The van der Waals surface area contributed by atoms with E-state index in [4.69, 9.17) is 19.9 Å². The van der Waals surface area contributed by atoms with E-state index >= 15 is 0 Å². The number of allylic oxidation sites excluding steroid dienone is 1. The summed E-state index contributed by atoms with van der Waals surface area (Å²) in [6.07, 6.45) is 0. The lowest BCUT2D eigenvalue weighted by atomic mass is 9.84. The monoisotopic (exact) mass is 402 g/mol. The molecule has 0 bridgehead atoms. The molecule has 30 heavy (non-hydrogen) atoms. The van der Waals surface area contributed by atoms with E-state index in [1.54, 1.807) is 0 Å². The van der Waals surface area contributed by atoms with Crippen LogP contribution in [0.15, 0.2) is 60.0 Å². The molecule has 0 radical (unpaired) electrons. The Kier molecular flexibility index (Phi) is 5.31. The topological polar surface area (TPSA) is 106 Å². The van der Waals surface area contributed by atoms with Crippen LogP contribution in [0.5, 0.6) is 17.4 Å². The molecule has 0 saturated carbocycles. The van der Waals surface area contributed by atoms with Crippen LogP contribution < -0.4 is 19.9 Å². The van der Waals surface area contributed by atoms with Crippen molar-refractivity contribution in [1.29, 1.82) is 5.26 Å². The van der Waals surface area contributed by atoms with Crippen LogP contribution in [0.25, 0.3) is 0 Å². The van der Waals surface area contributed by atoms with Crippen LogP contribution >= 0.6 is 0 Å². The summed E-state index contributed by atoms with van der Waals surface area (Å²) in [7, 11) is 0. The van der Waals surface area contributed by atoms with Crippen LogP contribution in [-0.4, -0.2) is 23.4 Å². The summed E-state index contributed by atoms with van der Waals surface area (Å²) >= 11 is 0. The quantitative estimate of drug-likeness (QED) is 0.609. The summed E-state index contributed by atoms with van der Waals surface area (Å²) in [6, 6.07) is 17.6. The number of hydrogen-bond acceptors (Lipinski definition) is 6. The third kappa shape index (κ3) is 3.67. The Morgan fingerprint density at radius 3 is 2.57 bits per heavy atom. The minimum atomic E-state index is -0.337. The van der Waals surface area contributed by atoms with Gasteiger partial charge in [-0.2, -0.15) is 5.26 Å². The summed E-state index contributed by atoms with van der Waals surface area (Å²) in [5, 5.41) is 16.7. The normalized spacial score (nSPS) is 15.2. The Morgan fingerprint density at radius 1 is 1.10 bits per heavy atom. The maximum absolute atomic E-state index is 9.62. The van der Waals surface area contributed by atoms with Crippen LogP contribution in [0.4, 0.5) is 0 Å². The van der Waals surface area contributed by atoms with E-state index in [1.165, 1.54) is 0 Å². The lowest BCUT2D eigenvalue weighted by Gasteiger charge is -2.23. The first kappa shape index (κ1) is 19.4. The molecule has 1 aliphatic heterocycles. The van der Waals surface area contributed by atoms with Gasteiger partial charge in [0.2, 0.25) is 11.8 Å². The fourth-order valence-electron chi connectivity index (χ4n) is 3.52. The molecule has 7 nitrogen and oxygen atoms in total. The number of rotatable bonds is 6. The number of hydrogen-bond donors (Lipinski definition) is 2. The molecular formula is C23H22N4O3. The molecule has 0 fully saturated rings. The molecule has 1 unspecified atom stereocenters. The number of aromatic nitrogens is 2. The first-order valence-electron chi connectivity index (χ1n) is 9.62. The van der Waals surface area contributed by atoms with Gasteiger partial charge in [0.05, 0.1) is 5.92 Å². The van der Waals surface area contributed by atoms with Crippen molar-refractivity contribution < 1.29 is 14.2 Å². The van der Waals surface area contributed by atoms with Gasteiger partial charge in [0.25, 0.3) is 0 Å². The van der Waals surface area contributed by atoms with Crippen LogP contribution in [0.1, 0.15) is 28.3 Å². The van der Waals surface area contributed by atoms with Crippen molar-refractivity contribution >= 4 is 0 Å². The Hall–Kier alpha value is -3.92. The van der Waals surface area contributed by atoms with Crippen molar-refractivity contribution in [3.05, 3.63) is 82.4 Å². The van der Waals surface area contributed by atoms with Crippen molar-refractivity contribution in [3.8, 4) is 23.4 Å². The van der Waals surface area contributed by atoms with E-state index in [0.717, 1.165) is 33.9 Å². The second-order valence-electron chi connectivity index (χ2n) is 7.02. The van der Waals surface area contributed by atoms with Gasteiger partial charge in [-0.3, -0.25) is 5.10 Å². The molecule has 0 amide bonds. The smallest absolute Gasteiger partial charge is 0.244 e. The van der Waals surface area contributed by atoms with Crippen molar-refractivity contribution in [1.82, 2.24) is 10.2 Å². The van der Waals surface area contributed by atoms with Crippen molar-refractivity contribution in [2.24, 2.45) is 5.73 Å². The summed E-state index contributed by atoms with van der Waals surface area (Å²) in [5.41, 5.74) is 9.98. The highest BCUT2D eigenvalue weighted by molar-refractivity contribution is 5.55. The molecule has 152 valence electrons. The molecule has 1 aromatic heterocycles. The molecule has 3 aromatic rings. The lowest BCUT2D eigenvalue weighted by molar-refractivity contribution is 0.216. The molecule has 0 aliphatic carbocycles. The Morgan fingerprint density at radius 2 is 1.83 bits per heavy atom. The summed E-state index contributed by atoms with van der Waals surface area (Å²) in [6.45, 7) is 4.77. The van der Waals surface area contributed by atoms with Gasteiger partial charge in [-0.05, 0) is 43.2 Å². The minimum absolute atomic E-state index is 0.0789. The third-order valence-electron chi connectivity index (χ3n) is 5.05. The number of nitrogens with zero attached hydrogens (tertiary/aromatic N) is 2. The van der Waals surface area contributed by atoms with Gasteiger partial charge in [-0.15, -0.1) is 5.10 Å². The summed E-state index contributed by atoms with van der Waals surface area (Å²) in [5.74, 6) is 1.73. The summed E-state index contributed by atoms with van der Waals surface area (Å²) < 4.78 is 17.0. The van der Waals surface area contributed by atoms with E-state index in [-0.39, 0.29) is 11.8 Å². The predicted molar refractivity (Wildman–Crippen MR) is 111 cm³/mol. The molecule has 1 atom stereocenters. The number of ether oxygens (including phenoxy) is 3. The molecule has 0 saturated heterocycles. The van der Waals surface area contributed by atoms with Crippen LogP contribution in [-0.2, 0) is 0 Å². The molecule has 2 aromatic carbocycles. The third-order valence-corrected chi connectivity index (χ3v) is 5.05. The van der Waals surface area contributed by atoms with E-state index < -0.39 is 0 Å². The zero-order valence-electron chi connectivity index (χ0n) is 16.8. The Labute approximate surface area is 174 Å². The standard InChI is InChI=1S/C23H22N4O3/c1-14-5-3-4-6-19(14)29-12-11-28-17-9-7-16(8-10-17)21-18(13-24)22(25)30-23-20(21)15(2)26-27-23/h3-10,21H,11-12,25H2,1-2H3,(H,26,27). The van der Waals surface area contributed by atoms with Gasteiger partial charge in [-0.25, -0.2) is 0 Å². The van der Waals surface area contributed by atoms with Crippen molar-refractivity contribution in [2.45, 2.75) is 19.8 Å². The van der Waals surface area contributed by atoms with Gasteiger partial charge >= 0.3 is 0 Å². The van der Waals surface area contributed by atoms with E-state index in [1.807, 2.05) is 62.4 Å². The fourth-order valence-corrected chi connectivity index (χ4v) is 3.52. The SMILES string of the molecule is Cc1ccccc1OCCOc1ccc(C2C(C#N)=C(N)Oc3n[nH]c(C)c32)cc1. The number of aromatic amines is 1. The molecule has 3 N–H and O–H groups in total. The molecule has 7 heteroatoms. The van der Waals surface area contributed by atoms with Crippen LogP contribution in [0.3, 0.4) is 0 Å². The predicted octanol–water partition coefficient (Wildman–Crippen LogP) is 3.70. The highest BCUT2D eigenvalue weighted by Gasteiger charge is 2.34. The van der Waals surface area contributed by atoms with Crippen LogP contribution in [0, 0.1) is 25.2 Å². The number of H-pyrrole nitrogens is 1. The van der Waals surface area contributed by atoms with Gasteiger partial charge in [0.1, 0.15) is 36.4 Å². The Balaban J connectivity index is 1.45. The first-order valence-corrected chi connectivity index (χ1v) is 9.62. The number of nitriles is 1. The average Bonchev–Trinajstić information content (AvgIpc) is 3.12. The summed E-state index contributed by atoms with van der Waals surface area (Å²) in [4.78, 5) is 0. The minimum Gasteiger partial charge on any atom is -0.490 e. The van der Waals surface area contributed by atoms with Gasteiger partial charge in [0, 0.05) is 11.3 Å². The van der Waals surface area contributed by atoms with E-state index in [2.05, 4.69) is 16.3 Å². The second-order valence-corrected chi connectivity index (χ2v) is 7.02. The number of benzene rings is 2. The highest BCUT2D eigenvalue weighted by Crippen LogP contribution is 2.42. The Bertz CT molecular complexity index is 1130. The van der Waals surface area contributed by atoms with Gasteiger partial charge in [-0.1, -0.05) is 30.3 Å².